The summed E-state index contributed by atoms with van der Waals surface area (Å²) in [7, 11) is 0. The van der Waals surface area contributed by atoms with Gasteiger partial charge in [-0.15, -0.1) is 0 Å². The van der Waals surface area contributed by atoms with Gasteiger partial charge in [0.2, 0.25) is 0 Å². The van der Waals surface area contributed by atoms with Crippen molar-refractivity contribution in [3.05, 3.63) is 89.0 Å². The number of H-pyrrole nitrogens is 1. The molecule has 2 N–H and O–H groups in total. The van der Waals surface area contributed by atoms with Crippen LogP contribution >= 0.6 is 0 Å². The van der Waals surface area contributed by atoms with Crippen molar-refractivity contribution in [2.45, 2.75) is 6.54 Å². The van der Waals surface area contributed by atoms with Crippen LogP contribution in [0.4, 0.5) is 0 Å². The van der Waals surface area contributed by atoms with Gasteiger partial charge in [0, 0.05) is 36.1 Å². The monoisotopic (exact) mass is 345 g/mol. The van der Waals surface area contributed by atoms with E-state index in [4.69, 9.17) is 0 Å². The van der Waals surface area contributed by atoms with Crippen molar-refractivity contribution in [2.24, 2.45) is 0 Å². The van der Waals surface area contributed by atoms with Crippen molar-refractivity contribution in [2.75, 3.05) is 0 Å². The number of hydrogen-bond acceptors (Lipinski definition) is 4. The molecule has 26 heavy (non-hydrogen) atoms. The highest BCUT2D eigenvalue weighted by Crippen LogP contribution is 2.12. The third kappa shape index (κ3) is 2.98. The molecule has 0 saturated heterocycles. The Morgan fingerprint density at radius 1 is 1.15 bits per heavy atom. The molecule has 7 heteroatoms. The molecule has 3 aromatic heterocycles. The second kappa shape index (κ2) is 6.64. The number of nitrogens with zero attached hydrogens (tertiary/aromatic N) is 3. The molecule has 4 rings (SSSR count). The Balaban J connectivity index is 1.58. The maximum absolute atomic E-state index is 12.5. The molecule has 1 aromatic carbocycles. The van der Waals surface area contributed by atoms with E-state index in [1.165, 1.54) is 0 Å². The highest BCUT2D eigenvalue weighted by molar-refractivity contribution is 5.96. The van der Waals surface area contributed by atoms with Crippen LogP contribution in [0, 0.1) is 0 Å². The van der Waals surface area contributed by atoms with Crippen molar-refractivity contribution in [3.8, 4) is 5.82 Å². The minimum Gasteiger partial charge on any atom is -0.347 e. The topological polar surface area (TPSA) is 92.7 Å². The van der Waals surface area contributed by atoms with Gasteiger partial charge in [-0.2, -0.15) is 0 Å². The number of hydrogen-bond donors (Lipinski definition) is 2. The largest absolute Gasteiger partial charge is 0.347 e. The number of carbonyl (C=O) groups is 1. The lowest BCUT2D eigenvalue weighted by Gasteiger charge is -2.10. The molecule has 1 amide bonds. The molecular weight excluding hydrogens is 330 g/mol. The highest BCUT2D eigenvalue weighted by Gasteiger charge is 2.11. The summed E-state index contributed by atoms with van der Waals surface area (Å²) in [6.07, 6.45) is 6.78. The number of aromatic amines is 1. The van der Waals surface area contributed by atoms with Gasteiger partial charge in [-0.1, -0.05) is 24.3 Å². The second-order valence-electron chi connectivity index (χ2n) is 5.74. The molecule has 3 heterocycles. The summed E-state index contributed by atoms with van der Waals surface area (Å²) in [5.74, 6) is 0.339. The molecule has 0 aliphatic rings. The first-order valence-electron chi connectivity index (χ1n) is 8.05. The van der Waals surface area contributed by atoms with Gasteiger partial charge < -0.3 is 10.3 Å². The van der Waals surface area contributed by atoms with E-state index >= 15 is 0 Å². The van der Waals surface area contributed by atoms with E-state index in [-0.39, 0.29) is 23.7 Å². The number of rotatable bonds is 4. The fourth-order valence-corrected chi connectivity index (χ4v) is 2.79. The first-order valence-corrected chi connectivity index (χ1v) is 8.05. The highest BCUT2D eigenvalue weighted by atomic mass is 16.2. The van der Waals surface area contributed by atoms with Gasteiger partial charge in [-0.05, 0) is 23.6 Å². The number of pyridine rings is 2. The predicted octanol–water partition coefficient (Wildman–Crippen LogP) is 2.04. The zero-order valence-electron chi connectivity index (χ0n) is 13.7. The Labute approximate surface area is 148 Å². The maximum atomic E-state index is 12.5. The normalized spacial score (nSPS) is 10.8. The smallest absolute Gasteiger partial charge is 0.268 e. The van der Waals surface area contributed by atoms with E-state index in [1.54, 1.807) is 59.8 Å². The SMILES string of the molecule is O=C(NCc1cccnc1-n1ccnc1)c1cc2ccccc2c(=O)[nH]1. The van der Waals surface area contributed by atoms with E-state index in [0.717, 1.165) is 10.9 Å². The average molecular weight is 345 g/mol. The Bertz CT molecular complexity index is 1130. The van der Waals surface area contributed by atoms with Crippen molar-refractivity contribution in [3.63, 3.8) is 0 Å². The van der Waals surface area contributed by atoms with Crippen molar-refractivity contribution >= 4 is 16.7 Å². The molecule has 0 spiro atoms. The number of fused-ring (bicyclic) bond motifs is 1. The van der Waals surface area contributed by atoms with Crippen molar-refractivity contribution < 1.29 is 4.79 Å². The minimum atomic E-state index is -0.353. The van der Waals surface area contributed by atoms with Gasteiger partial charge in [0.15, 0.2) is 0 Å². The lowest BCUT2D eigenvalue weighted by Crippen LogP contribution is -2.26. The van der Waals surface area contributed by atoms with Crippen molar-refractivity contribution in [1.82, 2.24) is 24.8 Å². The summed E-state index contributed by atoms with van der Waals surface area (Å²) in [4.78, 5) is 35.6. The molecule has 0 aliphatic carbocycles. The maximum Gasteiger partial charge on any atom is 0.268 e. The standard InChI is InChI=1S/C19H15N5O2/c25-18-15-6-2-1-4-13(15)10-16(23-18)19(26)22-11-14-5-3-7-21-17(14)24-9-8-20-12-24/h1-10,12H,11H2,(H,22,26)(H,23,25). The average Bonchev–Trinajstić information content (AvgIpc) is 3.21. The number of amides is 1. The van der Waals surface area contributed by atoms with Gasteiger partial charge >= 0.3 is 0 Å². The molecule has 0 saturated carbocycles. The second-order valence-corrected chi connectivity index (χ2v) is 5.74. The van der Waals surface area contributed by atoms with Crippen LogP contribution in [-0.2, 0) is 6.54 Å². The molecule has 128 valence electrons. The van der Waals surface area contributed by atoms with E-state index in [2.05, 4.69) is 20.3 Å². The van der Waals surface area contributed by atoms with Crippen LogP contribution in [-0.4, -0.2) is 25.4 Å². The number of carbonyl (C=O) groups excluding carboxylic acids is 1. The molecule has 0 atom stereocenters. The van der Waals surface area contributed by atoms with Gasteiger partial charge in [0.25, 0.3) is 11.5 Å². The van der Waals surface area contributed by atoms with Crippen molar-refractivity contribution in [1.29, 1.82) is 0 Å². The first-order chi connectivity index (χ1) is 12.7. The Hall–Kier alpha value is -3.74. The summed E-state index contributed by atoms with van der Waals surface area (Å²) in [6, 6.07) is 12.5. The van der Waals surface area contributed by atoms with E-state index in [1.807, 2.05) is 12.1 Å². The molecule has 0 fully saturated rings. The number of benzene rings is 1. The summed E-state index contributed by atoms with van der Waals surface area (Å²) in [5.41, 5.74) is 0.775. The van der Waals surface area contributed by atoms with Gasteiger partial charge in [-0.3, -0.25) is 14.2 Å². The van der Waals surface area contributed by atoms with Crippen LogP contribution in [0.1, 0.15) is 16.1 Å². The summed E-state index contributed by atoms with van der Waals surface area (Å²) >= 11 is 0. The van der Waals surface area contributed by atoms with E-state index in [0.29, 0.717) is 11.2 Å². The Morgan fingerprint density at radius 3 is 2.88 bits per heavy atom. The first kappa shape index (κ1) is 15.8. The molecule has 0 radical (unpaired) electrons. The summed E-state index contributed by atoms with van der Waals surface area (Å²) < 4.78 is 1.78. The van der Waals surface area contributed by atoms with Crippen LogP contribution in [0.15, 0.2) is 72.2 Å². The Morgan fingerprint density at radius 2 is 2.04 bits per heavy atom. The molecule has 4 aromatic rings. The van der Waals surface area contributed by atoms with Crippen LogP contribution in [0.2, 0.25) is 0 Å². The lowest BCUT2D eigenvalue weighted by atomic mass is 10.1. The zero-order chi connectivity index (χ0) is 17.9. The third-order valence-electron chi connectivity index (χ3n) is 4.05. The fraction of sp³-hybridized carbons (Fsp3) is 0.0526. The van der Waals surface area contributed by atoms with Gasteiger partial charge in [0.05, 0.1) is 0 Å². The summed E-state index contributed by atoms with van der Waals surface area (Å²) in [5, 5.41) is 4.11. The van der Waals surface area contributed by atoms with Gasteiger partial charge in [0.1, 0.15) is 17.8 Å². The molecule has 7 nitrogen and oxygen atoms in total. The molecular formula is C19H15N5O2. The number of imidazole rings is 1. The predicted molar refractivity (Wildman–Crippen MR) is 97.1 cm³/mol. The zero-order valence-corrected chi connectivity index (χ0v) is 13.7. The van der Waals surface area contributed by atoms with Crippen LogP contribution in [0.3, 0.4) is 0 Å². The minimum absolute atomic E-state index is 0.224. The van der Waals surface area contributed by atoms with Crippen LogP contribution < -0.4 is 10.9 Å². The number of nitrogens with one attached hydrogen (secondary N) is 2. The van der Waals surface area contributed by atoms with E-state index in [9.17, 15) is 9.59 Å². The van der Waals surface area contributed by atoms with E-state index < -0.39 is 0 Å². The molecule has 0 unspecified atom stereocenters. The molecule has 0 aliphatic heterocycles. The molecule has 0 bridgehead atoms. The number of aromatic nitrogens is 4. The Kier molecular flexibility index (Phi) is 4.03. The summed E-state index contributed by atoms with van der Waals surface area (Å²) in [6.45, 7) is 0.273. The fourth-order valence-electron chi connectivity index (χ4n) is 2.79. The third-order valence-corrected chi connectivity index (χ3v) is 4.05. The van der Waals surface area contributed by atoms with Crippen LogP contribution in [0.5, 0.6) is 0 Å². The lowest BCUT2D eigenvalue weighted by molar-refractivity contribution is 0.0946. The quantitative estimate of drug-likeness (QED) is 0.592. The van der Waals surface area contributed by atoms with Crippen LogP contribution in [0.25, 0.3) is 16.6 Å². The van der Waals surface area contributed by atoms with Gasteiger partial charge in [-0.25, -0.2) is 9.97 Å².